The van der Waals surface area contributed by atoms with Crippen LogP contribution in [0.5, 0.6) is 0 Å². The van der Waals surface area contributed by atoms with Crippen LogP contribution in [0.3, 0.4) is 0 Å². The lowest BCUT2D eigenvalue weighted by molar-refractivity contribution is -0.114. The number of halogens is 1. The number of nitrogens with one attached hydrogen (secondary N) is 2. The minimum Gasteiger partial charge on any atom is -0.376 e. The quantitative estimate of drug-likeness (QED) is 0.654. The van der Waals surface area contributed by atoms with Crippen molar-refractivity contribution in [2.45, 2.75) is 9.79 Å². The first-order valence-corrected chi connectivity index (χ1v) is 8.63. The van der Waals surface area contributed by atoms with Crippen molar-refractivity contribution in [1.82, 2.24) is 0 Å². The summed E-state index contributed by atoms with van der Waals surface area (Å²) in [6.07, 6.45) is 0. The van der Waals surface area contributed by atoms with E-state index in [2.05, 4.69) is 10.6 Å². The average Bonchev–Trinajstić information content (AvgIpc) is 2.64. The van der Waals surface area contributed by atoms with E-state index < -0.39 is 0 Å². The minimum atomic E-state index is -0.304. The van der Waals surface area contributed by atoms with Gasteiger partial charge in [-0.3, -0.25) is 4.79 Å². The van der Waals surface area contributed by atoms with E-state index in [1.807, 2.05) is 54.6 Å². The second-order valence-electron chi connectivity index (χ2n) is 5.32. The molecule has 0 atom stereocenters. The summed E-state index contributed by atoms with van der Waals surface area (Å²) in [6, 6.07) is 23.6. The fourth-order valence-electron chi connectivity index (χ4n) is 2.22. The molecular weight excluding hydrogens is 335 g/mol. The summed E-state index contributed by atoms with van der Waals surface area (Å²) in [5.74, 6) is -0.465. The number of anilines is 2. The van der Waals surface area contributed by atoms with E-state index in [1.165, 1.54) is 12.1 Å². The Balaban J connectivity index is 1.62. The van der Waals surface area contributed by atoms with Crippen molar-refractivity contribution in [2.75, 3.05) is 17.2 Å². The maximum atomic E-state index is 12.9. The molecule has 0 saturated heterocycles. The highest BCUT2D eigenvalue weighted by molar-refractivity contribution is 7.99. The van der Waals surface area contributed by atoms with Crippen LogP contribution in [0.4, 0.5) is 15.8 Å². The molecule has 126 valence electrons. The lowest BCUT2D eigenvalue weighted by Crippen LogP contribution is -2.22. The Morgan fingerprint density at radius 2 is 1.56 bits per heavy atom. The van der Waals surface area contributed by atoms with Crippen molar-refractivity contribution >= 4 is 29.0 Å². The van der Waals surface area contributed by atoms with Crippen LogP contribution in [0.25, 0.3) is 0 Å². The molecular formula is C20H17FN2OS. The van der Waals surface area contributed by atoms with Gasteiger partial charge in [0.2, 0.25) is 5.91 Å². The molecule has 3 aromatic rings. The number of benzene rings is 3. The van der Waals surface area contributed by atoms with Crippen LogP contribution < -0.4 is 10.6 Å². The number of carbonyl (C=O) groups is 1. The van der Waals surface area contributed by atoms with Gasteiger partial charge in [-0.25, -0.2) is 4.39 Å². The van der Waals surface area contributed by atoms with Gasteiger partial charge >= 0.3 is 0 Å². The highest BCUT2D eigenvalue weighted by atomic mass is 32.2. The average molecular weight is 352 g/mol. The van der Waals surface area contributed by atoms with E-state index in [9.17, 15) is 9.18 Å². The Labute approximate surface area is 150 Å². The SMILES string of the molecule is O=C(CNc1ccc(F)cc1)Nc1ccccc1Sc1ccccc1. The van der Waals surface area contributed by atoms with Gasteiger partial charge in [-0.2, -0.15) is 0 Å². The van der Waals surface area contributed by atoms with Gasteiger partial charge in [0.1, 0.15) is 5.82 Å². The van der Waals surface area contributed by atoms with Gasteiger partial charge < -0.3 is 10.6 Å². The third-order valence-corrected chi connectivity index (χ3v) is 4.51. The van der Waals surface area contributed by atoms with Crippen LogP contribution in [0, 0.1) is 5.82 Å². The van der Waals surface area contributed by atoms with E-state index in [-0.39, 0.29) is 18.3 Å². The Hall–Kier alpha value is -2.79. The van der Waals surface area contributed by atoms with Crippen molar-refractivity contribution in [3.05, 3.63) is 84.7 Å². The van der Waals surface area contributed by atoms with Gasteiger partial charge in [0.25, 0.3) is 0 Å². The molecule has 1 amide bonds. The lowest BCUT2D eigenvalue weighted by Gasteiger charge is -2.11. The van der Waals surface area contributed by atoms with E-state index in [4.69, 9.17) is 0 Å². The highest BCUT2D eigenvalue weighted by Crippen LogP contribution is 2.33. The number of amides is 1. The molecule has 0 spiro atoms. The second kappa shape index (κ2) is 8.35. The summed E-state index contributed by atoms with van der Waals surface area (Å²) in [4.78, 5) is 14.3. The first-order valence-electron chi connectivity index (χ1n) is 7.82. The van der Waals surface area contributed by atoms with Gasteiger partial charge in [-0.05, 0) is 48.5 Å². The van der Waals surface area contributed by atoms with Crippen molar-refractivity contribution in [3.8, 4) is 0 Å². The summed E-state index contributed by atoms with van der Waals surface area (Å²) in [5, 5.41) is 5.89. The predicted molar refractivity (Wildman–Crippen MR) is 101 cm³/mol. The van der Waals surface area contributed by atoms with Crippen molar-refractivity contribution < 1.29 is 9.18 Å². The molecule has 0 fully saturated rings. The lowest BCUT2D eigenvalue weighted by atomic mass is 10.3. The van der Waals surface area contributed by atoms with Gasteiger partial charge in [0.05, 0.1) is 12.2 Å². The third kappa shape index (κ3) is 5.09. The Bertz CT molecular complexity index is 838. The van der Waals surface area contributed by atoms with Gasteiger partial charge in [0.15, 0.2) is 0 Å². The van der Waals surface area contributed by atoms with Crippen LogP contribution in [-0.4, -0.2) is 12.5 Å². The maximum absolute atomic E-state index is 12.9. The molecule has 3 nitrogen and oxygen atoms in total. The molecule has 3 aromatic carbocycles. The fourth-order valence-corrected chi connectivity index (χ4v) is 3.14. The molecule has 0 aliphatic rings. The molecule has 0 bridgehead atoms. The molecule has 3 rings (SSSR count). The summed E-state index contributed by atoms with van der Waals surface area (Å²) >= 11 is 1.60. The molecule has 2 N–H and O–H groups in total. The van der Waals surface area contributed by atoms with E-state index in [0.29, 0.717) is 5.69 Å². The number of rotatable bonds is 6. The standard InChI is InChI=1S/C20H17FN2OS/c21-15-10-12-16(13-11-15)22-14-20(24)23-18-8-4-5-9-19(18)25-17-6-2-1-3-7-17/h1-13,22H,14H2,(H,23,24). The summed E-state index contributed by atoms with van der Waals surface area (Å²) in [5.41, 5.74) is 1.46. The Morgan fingerprint density at radius 3 is 2.32 bits per heavy atom. The molecule has 0 saturated carbocycles. The number of para-hydroxylation sites is 1. The molecule has 0 unspecified atom stereocenters. The maximum Gasteiger partial charge on any atom is 0.243 e. The zero-order valence-electron chi connectivity index (χ0n) is 13.4. The van der Waals surface area contributed by atoms with Gasteiger partial charge in [-0.1, -0.05) is 42.1 Å². The van der Waals surface area contributed by atoms with Crippen LogP contribution >= 0.6 is 11.8 Å². The number of hydrogen-bond acceptors (Lipinski definition) is 3. The summed E-state index contributed by atoms with van der Waals surface area (Å²) < 4.78 is 12.9. The fraction of sp³-hybridized carbons (Fsp3) is 0.0500. The van der Waals surface area contributed by atoms with Crippen molar-refractivity contribution in [3.63, 3.8) is 0 Å². The van der Waals surface area contributed by atoms with Gasteiger partial charge in [0, 0.05) is 15.5 Å². The van der Waals surface area contributed by atoms with E-state index >= 15 is 0 Å². The molecule has 5 heteroatoms. The van der Waals surface area contributed by atoms with Crippen LogP contribution in [-0.2, 0) is 4.79 Å². The van der Waals surface area contributed by atoms with Crippen LogP contribution in [0.2, 0.25) is 0 Å². The van der Waals surface area contributed by atoms with Crippen LogP contribution in [0.1, 0.15) is 0 Å². The number of hydrogen-bond donors (Lipinski definition) is 2. The molecule has 0 radical (unpaired) electrons. The molecule has 0 aliphatic heterocycles. The zero-order chi connectivity index (χ0) is 17.5. The molecule has 0 aromatic heterocycles. The third-order valence-electron chi connectivity index (χ3n) is 3.43. The number of carbonyl (C=O) groups excluding carboxylic acids is 1. The predicted octanol–water partition coefficient (Wildman–Crippen LogP) is 5.03. The second-order valence-corrected chi connectivity index (χ2v) is 6.44. The smallest absolute Gasteiger partial charge is 0.243 e. The summed E-state index contributed by atoms with van der Waals surface area (Å²) in [6.45, 7) is 0.107. The Kier molecular flexibility index (Phi) is 5.69. The summed E-state index contributed by atoms with van der Waals surface area (Å²) in [7, 11) is 0. The molecule has 0 heterocycles. The normalized spacial score (nSPS) is 10.3. The molecule has 0 aliphatic carbocycles. The van der Waals surface area contributed by atoms with Gasteiger partial charge in [-0.15, -0.1) is 0 Å². The van der Waals surface area contributed by atoms with E-state index in [0.717, 1.165) is 15.5 Å². The van der Waals surface area contributed by atoms with Crippen molar-refractivity contribution in [2.24, 2.45) is 0 Å². The monoisotopic (exact) mass is 352 g/mol. The van der Waals surface area contributed by atoms with Crippen LogP contribution in [0.15, 0.2) is 88.7 Å². The van der Waals surface area contributed by atoms with E-state index in [1.54, 1.807) is 23.9 Å². The topological polar surface area (TPSA) is 41.1 Å². The first kappa shape index (κ1) is 17.0. The Morgan fingerprint density at radius 1 is 0.880 bits per heavy atom. The highest BCUT2D eigenvalue weighted by Gasteiger charge is 2.08. The first-order chi connectivity index (χ1) is 12.2. The largest absolute Gasteiger partial charge is 0.376 e. The molecule has 25 heavy (non-hydrogen) atoms. The van der Waals surface area contributed by atoms with Crippen molar-refractivity contribution in [1.29, 1.82) is 0 Å². The minimum absolute atomic E-state index is 0.107. The zero-order valence-corrected chi connectivity index (χ0v) is 14.2.